The molecule has 0 aliphatic carbocycles. The van der Waals surface area contributed by atoms with Crippen LogP contribution < -0.4 is 11.1 Å². The lowest BCUT2D eigenvalue weighted by Crippen LogP contribution is -2.45. The number of aryl methyl sites for hydroxylation is 1. The summed E-state index contributed by atoms with van der Waals surface area (Å²) < 4.78 is 1.48. The van der Waals surface area contributed by atoms with Gasteiger partial charge in [0.15, 0.2) is 0 Å². The number of nitrogens with zero attached hydrogens (tertiary/aromatic N) is 8. The molecule has 0 bridgehead atoms. The standard InChI is InChI=1S/C41H52N12O4/c1-24(2)34(45-23-57-56-6)38(54)52-19-7-9-32(52)36-43-21-30(46-36)28-15-11-26(12-16-28)27-13-17-29(18-14-27)31-22-44-37(47-31)33-10-8-20-53(33)39(55)35(25(3)4)48-41-49-40(42)51(5)50-41/h11-18,21-25,32-35H,7-10,19-20H2,1-6H3,(H,43,46)(H,44,47)(H3,42,48,49,50)/b45-23-/t32-,33-,34-,35-/m0/s1. The van der Waals surface area contributed by atoms with Crippen LogP contribution in [0.25, 0.3) is 33.6 Å². The van der Waals surface area contributed by atoms with Crippen LogP contribution in [0.2, 0.25) is 0 Å². The Hall–Kier alpha value is -6.03. The quantitative estimate of drug-likeness (QED) is 0.0453. The van der Waals surface area contributed by atoms with Gasteiger partial charge in [0, 0.05) is 20.1 Å². The summed E-state index contributed by atoms with van der Waals surface area (Å²) in [5.41, 5.74) is 11.8. The molecule has 0 saturated carbocycles. The zero-order valence-corrected chi connectivity index (χ0v) is 33.3. The molecule has 2 aromatic carbocycles. The van der Waals surface area contributed by atoms with Crippen molar-refractivity contribution in [3.63, 3.8) is 0 Å². The Kier molecular flexibility index (Phi) is 11.7. The molecule has 2 fully saturated rings. The predicted octanol–water partition coefficient (Wildman–Crippen LogP) is 5.94. The van der Waals surface area contributed by atoms with Gasteiger partial charge < -0.3 is 35.7 Å². The minimum atomic E-state index is -0.571. The fraction of sp³-hybridized carbons (Fsp3) is 0.439. The van der Waals surface area contributed by atoms with Crippen LogP contribution in [0.1, 0.15) is 77.1 Å². The highest BCUT2D eigenvalue weighted by atomic mass is 17.2. The van der Waals surface area contributed by atoms with Gasteiger partial charge in [-0.1, -0.05) is 76.2 Å². The van der Waals surface area contributed by atoms with Crippen LogP contribution in [0.4, 0.5) is 11.9 Å². The molecule has 0 spiro atoms. The number of H-pyrrole nitrogens is 2. The third-order valence-electron chi connectivity index (χ3n) is 10.9. The molecule has 4 atom stereocenters. The van der Waals surface area contributed by atoms with E-state index < -0.39 is 12.1 Å². The summed E-state index contributed by atoms with van der Waals surface area (Å²) in [4.78, 5) is 65.6. The molecule has 5 aromatic rings. The second kappa shape index (κ2) is 17.0. The van der Waals surface area contributed by atoms with E-state index in [1.54, 1.807) is 7.05 Å². The molecule has 0 unspecified atom stereocenters. The predicted molar refractivity (Wildman–Crippen MR) is 217 cm³/mol. The second-order valence-corrected chi connectivity index (χ2v) is 15.4. The lowest BCUT2D eigenvalue weighted by atomic mass is 10.0. The Morgan fingerprint density at radius 2 is 1.33 bits per heavy atom. The van der Waals surface area contributed by atoms with Gasteiger partial charge in [0.1, 0.15) is 23.7 Å². The number of nitrogens with two attached hydrogens (primary N) is 1. The smallest absolute Gasteiger partial charge is 0.248 e. The lowest BCUT2D eigenvalue weighted by Gasteiger charge is -2.30. The molecule has 0 radical (unpaired) electrons. The van der Waals surface area contributed by atoms with Gasteiger partial charge in [-0.2, -0.15) is 9.87 Å². The maximum absolute atomic E-state index is 13.9. The Morgan fingerprint density at radius 1 is 0.825 bits per heavy atom. The van der Waals surface area contributed by atoms with Crippen molar-refractivity contribution in [1.29, 1.82) is 0 Å². The van der Waals surface area contributed by atoms with Gasteiger partial charge in [-0.15, -0.1) is 5.10 Å². The first kappa shape index (κ1) is 39.2. The number of imidazole rings is 2. The Bertz CT molecular complexity index is 2150. The number of likely N-dealkylation sites (tertiary alicyclic amines) is 2. The summed E-state index contributed by atoms with van der Waals surface area (Å²) in [6.45, 7) is 9.24. The normalized spacial score (nSPS) is 18.2. The number of nitrogens with one attached hydrogen (secondary N) is 3. The number of anilines is 2. The molecule has 2 saturated heterocycles. The van der Waals surface area contributed by atoms with Gasteiger partial charge in [-0.3, -0.25) is 9.59 Å². The van der Waals surface area contributed by atoms with Gasteiger partial charge in [0.25, 0.3) is 0 Å². The summed E-state index contributed by atoms with van der Waals surface area (Å²) in [5.74, 6) is 2.09. The highest BCUT2D eigenvalue weighted by Gasteiger charge is 2.38. The van der Waals surface area contributed by atoms with Crippen LogP contribution in [0.15, 0.2) is 65.9 Å². The van der Waals surface area contributed by atoms with Crippen molar-refractivity contribution in [3.8, 4) is 33.6 Å². The second-order valence-electron chi connectivity index (χ2n) is 15.4. The molecule has 57 heavy (non-hydrogen) atoms. The molecule has 5 heterocycles. The fourth-order valence-electron chi connectivity index (χ4n) is 7.73. The molecule has 300 valence electrons. The number of aromatic amines is 2. The minimum Gasteiger partial charge on any atom is -0.368 e. The first-order chi connectivity index (χ1) is 27.5. The average Bonchev–Trinajstić information content (AvgIpc) is 4.06. The number of hydrogen-bond donors (Lipinski definition) is 4. The van der Waals surface area contributed by atoms with Crippen LogP contribution in [0, 0.1) is 11.8 Å². The van der Waals surface area contributed by atoms with Crippen molar-refractivity contribution >= 4 is 30.1 Å². The third-order valence-corrected chi connectivity index (χ3v) is 10.9. The van der Waals surface area contributed by atoms with Crippen LogP contribution in [-0.4, -0.2) is 95.0 Å². The monoisotopic (exact) mass is 776 g/mol. The molecule has 7 rings (SSSR count). The Morgan fingerprint density at radius 3 is 1.79 bits per heavy atom. The van der Waals surface area contributed by atoms with E-state index in [1.807, 2.05) is 49.9 Å². The molecule has 16 heteroatoms. The number of nitrogen functional groups attached to an aromatic ring is 1. The maximum Gasteiger partial charge on any atom is 0.248 e. The number of aromatic nitrogens is 7. The van der Waals surface area contributed by atoms with Crippen molar-refractivity contribution in [2.45, 2.75) is 77.5 Å². The SMILES string of the molecule is COO/C=N\[C@H](C(=O)N1CCC[C@H]1c1ncc(-c2ccc(-c3ccc(-c4cnc([C@@H]5CCCN5C(=O)[C@@H](Nc5nc(N)n(C)n5)C(C)C)[nH]4)cc3)cc2)[nH]1)C(C)C. The van der Waals surface area contributed by atoms with Crippen molar-refractivity contribution in [1.82, 2.24) is 44.5 Å². The summed E-state index contributed by atoms with van der Waals surface area (Å²) in [5, 5.41) is 7.50. The molecule has 2 amide bonds. The Balaban J connectivity index is 0.995. The van der Waals surface area contributed by atoms with Gasteiger partial charge >= 0.3 is 0 Å². The zero-order valence-electron chi connectivity index (χ0n) is 33.3. The Labute approximate surface area is 332 Å². The highest BCUT2D eigenvalue weighted by Crippen LogP contribution is 2.35. The molecular formula is C41H52N12O4. The van der Waals surface area contributed by atoms with Gasteiger partial charge in [-0.05, 0) is 59.8 Å². The topological polar surface area (TPSA) is 198 Å². The first-order valence-electron chi connectivity index (χ1n) is 19.6. The first-order valence-corrected chi connectivity index (χ1v) is 19.6. The van der Waals surface area contributed by atoms with E-state index in [0.29, 0.717) is 19.0 Å². The van der Waals surface area contributed by atoms with Crippen molar-refractivity contribution in [2.75, 3.05) is 31.2 Å². The van der Waals surface area contributed by atoms with E-state index in [4.69, 9.17) is 20.6 Å². The largest absolute Gasteiger partial charge is 0.368 e. The van der Waals surface area contributed by atoms with E-state index in [9.17, 15) is 9.59 Å². The van der Waals surface area contributed by atoms with Crippen molar-refractivity contribution < 1.29 is 19.4 Å². The highest BCUT2D eigenvalue weighted by molar-refractivity contribution is 5.85. The maximum atomic E-state index is 13.9. The minimum absolute atomic E-state index is 0.00266. The van der Waals surface area contributed by atoms with Crippen molar-refractivity contribution in [3.05, 3.63) is 72.6 Å². The van der Waals surface area contributed by atoms with Gasteiger partial charge in [-0.25, -0.2) is 19.6 Å². The van der Waals surface area contributed by atoms with E-state index in [2.05, 4.69) is 83.8 Å². The number of carbonyl (C=O) groups is 2. The van der Waals surface area contributed by atoms with E-state index in [0.717, 1.165) is 71.0 Å². The molecule has 5 N–H and O–H groups in total. The molecule has 2 aliphatic rings. The number of benzene rings is 2. The molecular weight excluding hydrogens is 725 g/mol. The summed E-state index contributed by atoms with van der Waals surface area (Å²) in [6, 6.07) is 15.3. The summed E-state index contributed by atoms with van der Waals surface area (Å²) in [6.07, 6.45) is 8.30. The fourth-order valence-corrected chi connectivity index (χ4v) is 7.73. The van der Waals surface area contributed by atoms with Crippen LogP contribution in [0.5, 0.6) is 0 Å². The van der Waals surface area contributed by atoms with Crippen LogP contribution in [-0.2, 0) is 26.4 Å². The number of hydrogen-bond acceptors (Lipinski definition) is 11. The number of carbonyl (C=O) groups excluding carboxylic acids is 2. The number of aliphatic imine (C=N–C) groups is 1. The van der Waals surface area contributed by atoms with Gasteiger partial charge in [0.05, 0.1) is 43.0 Å². The van der Waals surface area contributed by atoms with E-state index in [-0.39, 0.29) is 41.7 Å². The van der Waals surface area contributed by atoms with Crippen LogP contribution >= 0.6 is 0 Å². The van der Waals surface area contributed by atoms with Gasteiger partial charge in [0.2, 0.25) is 30.1 Å². The van der Waals surface area contributed by atoms with Crippen molar-refractivity contribution in [2.24, 2.45) is 23.9 Å². The number of rotatable bonds is 14. The zero-order chi connectivity index (χ0) is 40.2. The number of amides is 2. The summed E-state index contributed by atoms with van der Waals surface area (Å²) >= 11 is 0. The molecule has 16 nitrogen and oxygen atoms in total. The average molecular weight is 777 g/mol. The summed E-state index contributed by atoms with van der Waals surface area (Å²) in [7, 11) is 3.11. The third kappa shape index (κ3) is 8.40. The molecule has 3 aromatic heterocycles. The van der Waals surface area contributed by atoms with Crippen LogP contribution in [0.3, 0.4) is 0 Å². The molecule has 2 aliphatic heterocycles. The lowest BCUT2D eigenvalue weighted by molar-refractivity contribution is -0.188. The van der Waals surface area contributed by atoms with E-state index in [1.165, 1.54) is 18.2 Å². The van der Waals surface area contributed by atoms with E-state index >= 15 is 0 Å².